The van der Waals surface area contributed by atoms with Crippen LogP contribution < -0.4 is 5.32 Å². The number of halogens is 1. The lowest BCUT2D eigenvalue weighted by Gasteiger charge is -2.06. The van der Waals surface area contributed by atoms with Crippen LogP contribution in [0.25, 0.3) is 0 Å². The van der Waals surface area contributed by atoms with Crippen molar-refractivity contribution in [3.8, 4) is 0 Å². The molecule has 1 aromatic carbocycles. The molecule has 0 aliphatic heterocycles. The molecule has 18 heavy (non-hydrogen) atoms. The van der Waals surface area contributed by atoms with Gasteiger partial charge in [0, 0.05) is 5.69 Å². The number of hydrogen-bond donors (Lipinski definition) is 1. The SMILES string of the molecule is Cc1ccc(NC(=O)c2sc(Cl)nc2C)cc1C. The fourth-order valence-corrected chi connectivity index (χ4v) is 2.63. The summed E-state index contributed by atoms with van der Waals surface area (Å²) < 4.78 is 0.387. The molecule has 0 bridgehead atoms. The number of rotatable bonds is 2. The fourth-order valence-electron chi connectivity index (χ4n) is 1.58. The summed E-state index contributed by atoms with van der Waals surface area (Å²) in [6.45, 7) is 5.82. The minimum absolute atomic E-state index is 0.167. The second kappa shape index (κ2) is 5.08. The van der Waals surface area contributed by atoms with E-state index >= 15 is 0 Å². The van der Waals surface area contributed by atoms with Crippen LogP contribution >= 0.6 is 22.9 Å². The van der Waals surface area contributed by atoms with Crippen LogP contribution in [0.2, 0.25) is 4.47 Å². The van der Waals surface area contributed by atoms with Crippen LogP contribution in [-0.4, -0.2) is 10.9 Å². The third-order valence-electron chi connectivity index (χ3n) is 2.74. The Balaban J connectivity index is 2.21. The molecule has 0 spiro atoms. The maximum absolute atomic E-state index is 12.0. The predicted octanol–water partition coefficient (Wildman–Crippen LogP) is 3.97. The number of carbonyl (C=O) groups excluding carboxylic acids is 1. The summed E-state index contributed by atoms with van der Waals surface area (Å²) in [5, 5.41) is 2.85. The number of nitrogens with zero attached hydrogens (tertiary/aromatic N) is 1. The molecule has 0 atom stereocenters. The number of nitrogens with one attached hydrogen (secondary N) is 1. The van der Waals surface area contributed by atoms with Crippen LogP contribution in [0, 0.1) is 20.8 Å². The Labute approximate surface area is 115 Å². The van der Waals surface area contributed by atoms with Gasteiger partial charge in [0.15, 0.2) is 4.47 Å². The summed E-state index contributed by atoms with van der Waals surface area (Å²) in [4.78, 5) is 16.6. The largest absolute Gasteiger partial charge is 0.321 e. The first-order valence-corrected chi connectivity index (χ1v) is 6.68. The number of carbonyl (C=O) groups is 1. The Kier molecular flexibility index (Phi) is 3.68. The van der Waals surface area contributed by atoms with E-state index < -0.39 is 0 Å². The number of anilines is 1. The fraction of sp³-hybridized carbons (Fsp3) is 0.231. The highest BCUT2D eigenvalue weighted by molar-refractivity contribution is 7.17. The average Bonchev–Trinajstić information content (AvgIpc) is 2.63. The molecule has 1 amide bonds. The van der Waals surface area contributed by atoms with E-state index in [-0.39, 0.29) is 5.91 Å². The molecule has 0 fully saturated rings. The predicted molar refractivity (Wildman–Crippen MR) is 75.7 cm³/mol. The molecule has 1 heterocycles. The van der Waals surface area contributed by atoms with Crippen LogP contribution in [0.15, 0.2) is 18.2 Å². The first-order valence-electron chi connectivity index (χ1n) is 5.49. The van der Waals surface area contributed by atoms with Gasteiger partial charge in [-0.25, -0.2) is 4.98 Å². The molecule has 94 valence electrons. The second-order valence-corrected chi connectivity index (χ2v) is 5.72. The van der Waals surface area contributed by atoms with Crippen molar-refractivity contribution in [1.82, 2.24) is 4.98 Å². The zero-order valence-electron chi connectivity index (χ0n) is 10.4. The summed E-state index contributed by atoms with van der Waals surface area (Å²) in [7, 11) is 0. The van der Waals surface area contributed by atoms with Crippen molar-refractivity contribution in [2.24, 2.45) is 0 Å². The van der Waals surface area contributed by atoms with Gasteiger partial charge in [-0.05, 0) is 44.0 Å². The summed E-state index contributed by atoms with van der Waals surface area (Å²) in [6.07, 6.45) is 0. The second-order valence-electron chi connectivity index (χ2n) is 4.13. The Hall–Kier alpha value is -1.39. The van der Waals surface area contributed by atoms with Crippen LogP contribution in [0.5, 0.6) is 0 Å². The molecule has 0 saturated heterocycles. The first-order chi connectivity index (χ1) is 8.47. The van der Waals surface area contributed by atoms with E-state index in [1.165, 1.54) is 16.9 Å². The van der Waals surface area contributed by atoms with Crippen LogP contribution in [0.1, 0.15) is 26.5 Å². The topological polar surface area (TPSA) is 42.0 Å². The van der Waals surface area contributed by atoms with Crippen molar-refractivity contribution in [3.05, 3.63) is 44.4 Å². The molecule has 1 aromatic heterocycles. The first kappa shape index (κ1) is 13.1. The molecule has 2 rings (SSSR count). The zero-order chi connectivity index (χ0) is 13.3. The van der Waals surface area contributed by atoms with E-state index in [2.05, 4.69) is 10.3 Å². The Bertz CT molecular complexity index is 607. The molecule has 0 saturated carbocycles. The van der Waals surface area contributed by atoms with Gasteiger partial charge in [0.05, 0.1) is 5.69 Å². The van der Waals surface area contributed by atoms with E-state index in [9.17, 15) is 4.79 Å². The molecule has 1 N–H and O–H groups in total. The number of thiazole rings is 1. The molecule has 0 aliphatic rings. The normalized spacial score (nSPS) is 10.4. The molecule has 0 radical (unpaired) electrons. The smallest absolute Gasteiger partial charge is 0.267 e. The molecule has 2 aromatic rings. The molecular formula is C13H13ClN2OS. The highest BCUT2D eigenvalue weighted by Gasteiger charge is 2.14. The van der Waals surface area contributed by atoms with Gasteiger partial charge >= 0.3 is 0 Å². The van der Waals surface area contributed by atoms with Gasteiger partial charge in [0.1, 0.15) is 4.88 Å². The lowest BCUT2D eigenvalue weighted by atomic mass is 10.1. The van der Waals surface area contributed by atoms with Crippen molar-refractivity contribution in [2.45, 2.75) is 20.8 Å². The van der Waals surface area contributed by atoms with Crippen LogP contribution in [0.3, 0.4) is 0 Å². The average molecular weight is 281 g/mol. The number of aryl methyl sites for hydroxylation is 3. The molecule has 0 unspecified atom stereocenters. The van der Waals surface area contributed by atoms with Gasteiger partial charge in [-0.15, -0.1) is 0 Å². The van der Waals surface area contributed by atoms with Gasteiger partial charge in [0.2, 0.25) is 0 Å². The van der Waals surface area contributed by atoms with Crippen LogP contribution in [0.4, 0.5) is 5.69 Å². The maximum atomic E-state index is 12.0. The number of benzene rings is 1. The van der Waals surface area contributed by atoms with E-state index in [1.807, 2.05) is 32.0 Å². The van der Waals surface area contributed by atoms with Gasteiger partial charge in [-0.3, -0.25) is 4.79 Å². The minimum Gasteiger partial charge on any atom is -0.321 e. The zero-order valence-corrected chi connectivity index (χ0v) is 11.9. The molecule has 0 aliphatic carbocycles. The third kappa shape index (κ3) is 2.71. The number of hydrogen-bond acceptors (Lipinski definition) is 3. The Morgan fingerprint density at radius 3 is 2.56 bits per heavy atom. The van der Waals surface area contributed by atoms with Gasteiger partial charge in [0.25, 0.3) is 5.91 Å². The number of amides is 1. The van der Waals surface area contributed by atoms with Gasteiger partial charge in [-0.2, -0.15) is 0 Å². The summed E-state index contributed by atoms with van der Waals surface area (Å²) in [6, 6.07) is 5.82. The quantitative estimate of drug-likeness (QED) is 0.904. The van der Waals surface area contributed by atoms with Crippen molar-refractivity contribution < 1.29 is 4.79 Å². The van der Waals surface area contributed by atoms with Crippen molar-refractivity contribution >= 4 is 34.5 Å². The van der Waals surface area contributed by atoms with E-state index in [0.29, 0.717) is 15.0 Å². The number of aromatic nitrogens is 1. The summed E-state index contributed by atoms with van der Waals surface area (Å²) >= 11 is 6.98. The summed E-state index contributed by atoms with van der Waals surface area (Å²) in [5.74, 6) is -0.167. The van der Waals surface area contributed by atoms with E-state index in [4.69, 9.17) is 11.6 Å². The van der Waals surface area contributed by atoms with Crippen LogP contribution in [-0.2, 0) is 0 Å². The van der Waals surface area contributed by atoms with Crippen molar-refractivity contribution in [3.63, 3.8) is 0 Å². The van der Waals surface area contributed by atoms with Crippen molar-refractivity contribution in [1.29, 1.82) is 0 Å². The lowest BCUT2D eigenvalue weighted by molar-refractivity contribution is 0.103. The Morgan fingerprint density at radius 2 is 2.00 bits per heavy atom. The standard InChI is InChI=1S/C13H13ClN2OS/c1-7-4-5-10(6-8(7)2)16-12(17)11-9(3)15-13(14)18-11/h4-6H,1-3H3,(H,16,17). The highest BCUT2D eigenvalue weighted by atomic mass is 35.5. The van der Waals surface area contributed by atoms with Gasteiger partial charge in [-0.1, -0.05) is 29.0 Å². The maximum Gasteiger partial charge on any atom is 0.267 e. The molecular weight excluding hydrogens is 268 g/mol. The monoisotopic (exact) mass is 280 g/mol. The van der Waals surface area contributed by atoms with Crippen molar-refractivity contribution in [2.75, 3.05) is 5.32 Å². The minimum atomic E-state index is -0.167. The van der Waals surface area contributed by atoms with Gasteiger partial charge < -0.3 is 5.32 Å². The highest BCUT2D eigenvalue weighted by Crippen LogP contribution is 2.23. The lowest BCUT2D eigenvalue weighted by Crippen LogP contribution is -2.11. The van der Waals surface area contributed by atoms with E-state index in [0.717, 1.165) is 11.3 Å². The Morgan fingerprint density at radius 1 is 1.28 bits per heavy atom. The summed E-state index contributed by atoms with van der Waals surface area (Å²) in [5.41, 5.74) is 3.79. The molecule has 3 nitrogen and oxygen atoms in total. The third-order valence-corrected chi connectivity index (χ3v) is 4.00. The molecule has 5 heteroatoms. The van der Waals surface area contributed by atoms with E-state index in [1.54, 1.807) is 6.92 Å².